The fraction of sp³-hybridized carbons (Fsp3) is 0.391. The van der Waals surface area contributed by atoms with Crippen LogP contribution >= 0.6 is 11.3 Å². The van der Waals surface area contributed by atoms with E-state index in [1.54, 1.807) is 0 Å². The Morgan fingerprint density at radius 3 is 2.67 bits per heavy atom. The van der Waals surface area contributed by atoms with Crippen LogP contribution in [0, 0.1) is 11.3 Å². The molecule has 1 saturated heterocycles. The summed E-state index contributed by atoms with van der Waals surface area (Å²) in [5.41, 5.74) is -0.669. The molecular formula is C23H21F2N9O4S2. The topological polar surface area (TPSA) is 168 Å². The number of rotatable bonds is 8. The van der Waals surface area contributed by atoms with E-state index in [0.29, 0.717) is 61.3 Å². The molecule has 0 atom stereocenters. The summed E-state index contributed by atoms with van der Waals surface area (Å²) in [4.78, 5) is 23.3. The van der Waals surface area contributed by atoms with Gasteiger partial charge in [-0.15, -0.1) is 10.2 Å². The minimum atomic E-state index is -4.11. The molecule has 2 fully saturated rings. The minimum Gasteiger partial charge on any atom is -0.379 e. The van der Waals surface area contributed by atoms with Crippen LogP contribution in [0.3, 0.4) is 0 Å². The summed E-state index contributed by atoms with van der Waals surface area (Å²) in [7, 11) is -4.11. The highest BCUT2D eigenvalue weighted by atomic mass is 32.2. The van der Waals surface area contributed by atoms with Crippen molar-refractivity contribution in [3.05, 3.63) is 29.5 Å². The maximum absolute atomic E-state index is 13.4. The zero-order chi connectivity index (χ0) is 28.1. The summed E-state index contributed by atoms with van der Waals surface area (Å²) < 4.78 is 62.2. The van der Waals surface area contributed by atoms with Gasteiger partial charge in [0.2, 0.25) is 21.1 Å². The maximum Gasteiger partial charge on any atom is 0.291 e. The number of amides is 1. The molecule has 0 bridgehead atoms. The molecule has 0 radical (unpaired) electrons. The van der Waals surface area contributed by atoms with Crippen LogP contribution in [-0.2, 0) is 19.6 Å². The van der Waals surface area contributed by atoms with E-state index >= 15 is 0 Å². The van der Waals surface area contributed by atoms with Gasteiger partial charge in [0.15, 0.2) is 10.7 Å². The molecule has 2 N–H and O–H groups in total. The fourth-order valence-corrected chi connectivity index (χ4v) is 6.60. The van der Waals surface area contributed by atoms with Crippen LogP contribution in [0.4, 0.5) is 14.6 Å². The number of alkyl halides is 2. The molecule has 13 nitrogen and oxygen atoms in total. The molecule has 6 rings (SSSR count). The molecule has 17 heteroatoms. The van der Waals surface area contributed by atoms with Gasteiger partial charge in [-0.2, -0.15) is 9.98 Å². The lowest BCUT2D eigenvalue weighted by molar-refractivity contribution is -0.118. The first kappa shape index (κ1) is 26.5. The van der Waals surface area contributed by atoms with Crippen molar-refractivity contribution in [3.63, 3.8) is 0 Å². The Hall–Kier alpha value is -3.69. The predicted molar refractivity (Wildman–Crippen MR) is 139 cm³/mol. The number of sulfonamides is 1. The Morgan fingerprint density at radius 1 is 1.23 bits per heavy atom. The number of benzene rings is 1. The molecule has 4 heterocycles. The molecule has 0 unspecified atom stereocenters. The minimum absolute atomic E-state index is 0.0257. The molecule has 1 amide bonds. The lowest BCUT2D eigenvalue weighted by Gasteiger charge is -2.25. The first-order chi connectivity index (χ1) is 19.2. The SMILES string of the molecule is N#CC1(NS(=O)(=O)c2ccc3c4c(NC(=O)CN5CCOCC5)ncnc4n(-c4nnc(C(F)F)s4)c3c2)CC1. The van der Waals surface area contributed by atoms with Gasteiger partial charge >= 0.3 is 0 Å². The highest BCUT2D eigenvalue weighted by molar-refractivity contribution is 7.89. The third-order valence-corrected chi connectivity index (χ3v) is 9.11. The largest absolute Gasteiger partial charge is 0.379 e. The zero-order valence-electron chi connectivity index (χ0n) is 20.7. The normalized spacial score (nSPS) is 17.4. The average molecular weight is 590 g/mol. The highest BCUT2D eigenvalue weighted by Crippen LogP contribution is 2.39. The maximum atomic E-state index is 13.4. The number of nitriles is 1. The van der Waals surface area contributed by atoms with E-state index in [4.69, 9.17) is 4.74 Å². The number of nitrogens with one attached hydrogen (secondary N) is 2. The molecule has 1 aromatic carbocycles. The smallest absolute Gasteiger partial charge is 0.291 e. The molecule has 1 aliphatic carbocycles. The second-order valence-electron chi connectivity index (χ2n) is 9.39. The summed E-state index contributed by atoms with van der Waals surface area (Å²) in [5.74, 6) is -0.158. The van der Waals surface area contributed by atoms with Crippen molar-refractivity contribution in [3.8, 4) is 11.2 Å². The van der Waals surface area contributed by atoms with Crippen molar-refractivity contribution in [1.29, 1.82) is 5.26 Å². The summed E-state index contributed by atoms with van der Waals surface area (Å²) in [6, 6.07) is 6.21. The van der Waals surface area contributed by atoms with Crippen molar-refractivity contribution < 1.29 is 26.7 Å². The summed E-state index contributed by atoms with van der Waals surface area (Å²) >= 11 is 0.625. The van der Waals surface area contributed by atoms with E-state index < -0.39 is 27.0 Å². The summed E-state index contributed by atoms with van der Waals surface area (Å²) in [6.07, 6.45) is -0.852. The number of aromatic nitrogens is 5. The molecule has 40 heavy (non-hydrogen) atoms. The molecule has 4 aromatic rings. The Balaban J connectivity index is 1.47. The Kier molecular flexibility index (Phi) is 6.67. The van der Waals surface area contributed by atoms with E-state index in [-0.39, 0.29) is 39.5 Å². The quantitative estimate of drug-likeness (QED) is 0.310. The average Bonchev–Trinajstić information content (AvgIpc) is 3.37. The van der Waals surface area contributed by atoms with Crippen LogP contribution in [0.1, 0.15) is 24.3 Å². The van der Waals surface area contributed by atoms with Crippen molar-refractivity contribution in [2.45, 2.75) is 29.7 Å². The van der Waals surface area contributed by atoms with Gasteiger partial charge in [-0.1, -0.05) is 17.4 Å². The van der Waals surface area contributed by atoms with Crippen LogP contribution < -0.4 is 10.0 Å². The Bertz CT molecular complexity index is 1770. The molecule has 208 valence electrons. The number of anilines is 1. The van der Waals surface area contributed by atoms with Crippen LogP contribution in [0.15, 0.2) is 29.4 Å². The van der Waals surface area contributed by atoms with Gasteiger partial charge in [0.05, 0.1) is 41.6 Å². The van der Waals surface area contributed by atoms with Crippen LogP contribution in [0.2, 0.25) is 0 Å². The second kappa shape index (κ2) is 10.1. The van der Waals surface area contributed by atoms with E-state index in [1.807, 2.05) is 11.0 Å². The number of hydrogen-bond donors (Lipinski definition) is 2. The van der Waals surface area contributed by atoms with Gasteiger partial charge < -0.3 is 10.1 Å². The number of carbonyl (C=O) groups is 1. The van der Waals surface area contributed by atoms with E-state index in [2.05, 4.69) is 30.2 Å². The van der Waals surface area contributed by atoms with E-state index in [9.17, 15) is 27.3 Å². The Morgan fingerprint density at radius 2 is 2.00 bits per heavy atom. The van der Waals surface area contributed by atoms with Crippen molar-refractivity contribution >= 4 is 55.0 Å². The monoisotopic (exact) mass is 589 g/mol. The zero-order valence-corrected chi connectivity index (χ0v) is 22.3. The van der Waals surface area contributed by atoms with E-state index in [1.165, 1.54) is 29.1 Å². The lowest BCUT2D eigenvalue weighted by Crippen LogP contribution is -2.41. The van der Waals surface area contributed by atoms with Crippen molar-refractivity contribution in [2.24, 2.45) is 0 Å². The second-order valence-corrected chi connectivity index (χ2v) is 12.1. The molecule has 1 aliphatic heterocycles. The Labute approximate surface area is 229 Å². The van der Waals surface area contributed by atoms with Gasteiger partial charge in [-0.25, -0.2) is 27.2 Å². The molecular weight excluding hydrogens is 568 g/mol. The van der Waals surface area contributed by atoms with Crippen LogP contribution in [0.5, 0.6) is 0 Å². The highest BCUT2D eigenvalue weighted by Gasteiger charge is 2.46. The van der Waals surface area contributed by atoms with Gasteiger partial charge in [0.25, 0.3) is 6.43 Å². The number of nitrogens with zero attached hydrogens (tertiary/aromatic N) is 7. The van der Waals surface area contributed by atoms with Crippen molar-refractivity contribution in [1.82, 2.24) is 34.4 Å². The fourth-order valence-electron chi connectivity index (χ4n) is 4.49. The molecule has 1 saturated carbocycles. The third kappa shape index (κ3) is 4.88. The van der Waals surface area contributed by atoms with Gasteiger partial charge in [-0.3, -0.25) is 14.3 Å². The van der Waals surface area contributed by atoms with Gasteiger partial charge in [0, 0.05) is 18.5 Å². The number of fused-ring (bicyclic) bond motifs is 3. The number of halogens is 2. The van der Waals surface area contributed by atoms with Gasteiger partial charge in [0.1, 0.15) is 17.7 Å². The molecule has 3 aromatic heterocycles. The summed E-state index contributed by atoms with van der Waals surface area (Å²) in [5, 5.41) is 20.0. The van der Waals surface area contributed by atoms with Gasteiger partial charge in [-0.05, 0) is 25.0 Å². The first-order valence-corrected chi connectivity index (χ1v) is 14.5. The number of ether oxygens (including phenoxy) is 1. The number of carbonyl (C=O) groups excluding carboxylic acids is 1. The van der Waals surface area contributed by atoms with Crippen LogP contribution in [-0.4, -0.2) is 82.3 Å². The summed E-state index contributed by atoms with van der Waals surface area (Å²) in [6.45, 7) is 2.37. The van der Waals surface area contributed by atoms with E-state index in [0.717, 1.165) is 0 Å². The predicted octanol–water partition coefficient (Wildman–Crippen LogP) is 1.97. The number of morpholine rings is 1. The first-order valence-electron chi connectivity index (χ1n) is 12.2. The van der Waals surface area contributed by atoms with Crippen molar-refractivity contribution in [2.75, 3.05) is 38.2 Å². The lowest BCUT2D eigenvalue weighted by atomic mass is 10.2. The van der Waals surface area contributed by atoms with Crippen LogP contribution in [0.25, 0.3) is 27.1 Å². The standard InChI is InChI=1S/C23H21F2N9O4S2/c24-18(25)21-30-31-22(39-21)34-15-9-13(40(36,37)32-23(11-26)3-4-23)1-2-14(15)17-19(27-12-28-20(17)34)29-16(35)10-33-5-7-38-8-6-33/h1-2,9,12,18,32H,3-8,10H2,(H,27,28,29,35). The third-order valence-electron chi connectivity index (χ3n) is 6.66. The molecule has 0 spiro atoms. The molecule has 2 aliphatic rings. The number of hydrogen-bond acceptors (Lipinski definition) is 11.